The van der Waals surface area contributed by atoms with Gasteiger partial charge in [0.1, 0.15) is 0 Å². The Morgan fingerprint density at radius 2 is 1.85 bits per heavy atom. The molecule has 2 bridgehead atoms. The lowest BCUT2D eigenvalue weighted by Crippen LogP contribution is -2.44. The van der Waals surface area contributed by atoms with Gasteiger partial charge >= 0.3 is 0 Å². The quantitative estimate of drug-likeness (QED) is 0.692. The van der Waals surface area contributed by atoms with Crippen LogP contribution in [0.4, 0.5) is 0 Å². The van der Waals surface area contributed by atoms with Gasteiger partial charge in [0.25, 0.3) is 0 Å². The lowest BCUT2D eigenvalue weighted by atomic mass is 9.52. The summed E-state index contributed by atoms with van der Waals surface area (Å²) in [4.78, 5) is 4.67. The molecule has 20 heavy (non-hydrogen) atoms. The summed E-state index contributed by atoms with van der Waals surface area (Å²) in [5, 5.41) is 0. The van der Waals surface area contributed by atoms with Crippen molar-refractivity contribution < 1.29 is 0 Å². The standard InChI is InChI=1S/C19H19N/c1-13-15-10-11-19(2,16-9-6-12-20-18(15)16)17(13)14-7-4-3-5-8-14/h3-13,15,17H,1-2H3. The minimum atomic E-state index is 0.0686. The van der Waals surface area contributed by atoms with Gasteiger partial charge in [0.05, 0.1) is 5.69 Å². The molecule has 0 aliphatic heterocycles. The van der Waals surface area contributed by atoms with Crippen LogP contribution >= 0.6 is 0 Å². The van der Waals surface area contributed by atoms with Crippen molar-refractivity contribution in [3.05, 3.63) is 77.6 Å². The monoisotopic (exact) mass is 261 g/mol. The summed E-state index contributed by atoms with van der Waals surface area (Å²) in [5.74, 6) is 1.59. The Labute approximate surface area is 120 Å². The summed E-state index contributed by atoms with van der Waals surface area (Å²) in [6, 6.07) is 15.3. The molecule has 3 aliphatic rings. The number of aromatic nitrogens is 1. The second kappa shape index (κ2) is 4.05. The number of benzene rings is 1. The Hall–Kier alpha value is -1.89. The third-order valence-electron chi connectivity index (χ3n) is 5.28. The van der Waals surface area contributed by atoms with E-state index in [2.05, 4.69) is 73.4 Å². The molecule has 0 fully saturated rings. The first-order valence-electron chi connectivity index (χ1n) is 7.41. The highest BCUT2D eigenvalue weighted by Crippen LogP contribution is 2.58. The van der Waals surface area contributed by atoms with Crippen LogP contribution in [-0.4, -0.2) is 4.98 Å². The van der Waals surface area contributed by atoms with Crippen molar-refractivity contribution in [2.45, 2.75) is 31.1 Å². The molecule has 5 rings (SSSR count). The zero-order chi connectivity index (χ0) is 13.7. The first-order chi connectivity index (χ1) is 9.72. The highest BCUT2D eigenvalue weighted by Gasteiger charge is 2.50. The molecule has 0 saturated carbocycles. The van der Waals surface area contributed by atoms with Gasteiger partial charge in [-0.1, -0.05) is 62.4 Å². The van der Waals surface area contributed by atoms with Gasteiger partial charge < -0.3 is 0 Å². The SMILES string of the molecule is CC1C2C=CC(C)(c3cccnc32)C1c1ccccc1. The molecule has 1 heteroatoms. The van der Waals surface area contributed by atoms with E-state index in [9.17, 15) is 0 Å². The maximum atomic E-state index is 4.67. The van der Waals surface area contributed by atoms with Crippen LogP contribution in [-0.2, 0) is 5.41 Å². The second-order valence-electron chi connectivity index (χ2n) is 6.35. The molecule has 0 saturated heterocycles. The highest BCUT2D eigenvalue weighted by atomic mass is 14.7. The maximum absolute atomic E-state index is 4.67. The van der Waals surface area contributed by atoms with Crippen molar-refractivity contribution in [1.29, 1.82) is 0 Å². The Bertz CT molecular complexity index is 673. The average molecular weight is 261 g/mol. The normalized spacial score (nSPS) is 34.0. The maximum Gasteiger partial charge on any atom is 0.0515 e. The van der Waals surface area contributed by atoms with E-state index in [-0.39, 0.29) is 5.41 Å². The molecule has 1 aromatic carbocycles. The van der Waals surface area contributed by atoms with Crippen LogP contribution in [0.3, 0.4) is 0 Å². The third-order valence-corrected chi connectivity index (χ3v) is 5.28. The van der Waals surface area contributed by atoms with Crippen LogP contribution < -0.4 is 0 Å². The Kier molecular flexibility index (Phi) is 2.41. The molecule has 0 amide bonds. The number of fused-ring (bicyclic) bond motifs is 1. The number of rotatable bonds is 1. The summed E-state index contributed by atoms with van der Waals surface area (Å²) in [6.07, 6.45) is 6.72. The molecule has 1 heterocycles. The fraction of sp³-hybridized carbons (Fsp3) is 0.316. The van der Waals surface area contributed by atoms with Gasteiger partial charge in [-0.15, -0.1) is 0 Å². The van der Waals surface area contributed by atoms with Gasteiger partial charge in [-0.2, -0.15) is 0 Å². The second-order valence-corrected chi connectivity index (χ2v) is 6.35. The molecule has 4 atom stereocenters. The summed E-state index contributed by atoms with van der Waals surface area (Å²) in [5.41, 5.74) is 4.22. The number of hydrogen-bond acceptors (Lipinski definition) is 1. The minimum absolute atomic E-state index is 0.0686. The predicted octanol–water partition coefficient (Wildman–Crippen LogP) is 4.43. The fourth-order valence-electron chi connectivity index (χ4n) is 4.38. The number of pyridine rings is 1. The van der Waals surface area contributed by atoms with Crippen molar-refractivity contribution >= 4 is 0 Å². The van der Waals surface area contributed by atoms with Gasteiger partial charge in [0, 0.05) is 23.4 Å². The summed E-state index contributed by atoms with van der Waals surface area (Å²) >= 11 is 0. The van der Waals surface area contributed by atoms with Crippen LogP contribution in [0.15, 0.2) is 60.8 Å². The van der Waals surface area contributed by atoms with Crippen LogP contribution in [0.5, 0.6) is 0 Å². The molecule has 100 valence electrons. The molecule has 0 N–H and O–H groups in total. The van der Waals surface area contributed by atoms with E-state index < -0.39 is 0 Å². The van der Waals surface area contributed by atoms with Crippen molar-refractivity contribution in [2.75, 3.05) is 0 Å². The number of allylic oxidation sites excluding steroid dienone is 2. The minimum Gasteiger partial charge on any atom is -0.260 e. The van der Waals surface area contributed by atoms with Gasteiger partial charge in [0.2, 0.25) is 0 Å². The number of hydrogen-bond donors (Lipinski definition) is 0. The lowest BCUT2D eigenvalue weighted by Gasteiger charge is -2.51. The molecule has 2 aromatic rings. The molecular weight excluding hydrogens is 242 g/mol. The first kappa shape index (κ1) is 11.9. The van der Waals surface area contributed by atoms with E-state index in [1.165, 1.54) is 16.8 Å². The largest absolute Gasteiger partial charge is 0.260 e. The van der Waals surface area contributed by atoms with Crippen LogP contribution in [0, 0.1) is 5.92 Å². The average Bonchev–Trinajstić information content (AvgIpc) is 2.48. The van der Waals surface area contributed by atoms with E-state index >= 15 is 0 Å². The van der Waals surface area contributed by atoms with E-state index in [1.807, 2.05) is 6.20 Å². The fourth-order valence-corrected chi connectivity index (χ4v) is 4.38. The van der Waals surface area contributed by atoms with Crippen molar-refractivity contribution in [3.63, 3.8) is 0 Å². The molecular formula is C19H19N. The van der Waals surface area contributed by atoms with Gasteiger partial charge in [0.15, 0.2) is 0 Å². The van der Waals surface area contributed by atoms with Crippen LogP contribution in [0.2, 0.25) is 0 Å². The van der Waals surface area contributed by atoms with E-state index in [4.69, 9.17) is 0 Å². The van der Waals surface area contributed by atoms with Crippen molar-refractivity contribution in [2.24, 2.45) is 5.92 Å². The van der Waals surface area contributed by atoms with Crippen molar-refractivity contribution in [1.82, 2.24) is 4.98 Å². The number of nitrogens with zero attached hydrogens (tertiary/aromatic N) is 1. The molecule has 4 unspecified atom stereocenters. The Balaban J connectivity index is 1.95. The molecule has 0 radical (unpaired) electrons. The Morgan fingerprint density at radius 3 is 2.65 bits per heavy atom. The molecule has 3 aliphatic carbocycles. The van der Waals surface area contributed by atoms with Gasteiger partial charge in [-0.3, -0.25) is 4.98 Å². The summed E-state index contributed by atoms with van der Waals surface area (Å²) in [6.45, 7) is 4.75. The van der Waals surface area contributed by atoms with E-state index in [0.29, 0.717) is 17.8 Å². The lowest BCUT2D eigenvalue weighted by molar-refractivity contribution is 0.267. The smallest absolute Gasteiger partial charge is 0.0515 e. The summed E-state index contributed by atoms with van der Waals surface area (Å²) < 4.78 is 0. The molecule has 0 spiro atoms. The first-order valence-corrected chi connectivity index (χ1v) is 7.41. The van der Waals surface area contributed by atoms with E-state index in [1.54, 1.807) is 0 Å². The van der Waals surface area contributed by atoms with Crippen LogP contribution in [0.1, 0.15) is 42.5 Å². The van der Waals surface area contributed by atoms with Crippen molar-refractivity contribution in [3.8, 4) is 0 Å². The summed E-state index contributed by atoms with van der Waals surface area (Å²) in [7, 11) is 0. The zero-order valence-corrected chi connectivity index (χ0v) is 12.0. The Morgan fingerprint density at radius 1 is 1.05 bits per heavy atom. The zero-order valence-electron chi connectivity index (χ0n) is 12.0. The molecule has 1 aromatic heterocycles. The predicted molar refractivity (Wildman–Crippen MR) is 81.8 cm³/mol. The van der Waals surface area contributed by atoms with Crippen LogP contribution in [0.25, 0.3) is 0 Å². The highest BCUT2D eigenvalue weighted by molar-refractivity contribution is 5.50. The van der Waals surface area contributed by atoms with Gasteiger partial charge in [-0.25, -0.2) is 0 Å². The van der Waals surface area contributed by atoms with Gasteiger partial charge in [-0.05, 0) is 23.1 Å². The third kappa shape index (κ3) is 1.41. The van der Waals surface area contributed by atoms with E-state index in [0.717, 1.165) is 0 Å². The topological polar surface area (TPSA) is 12.9 Å². The molecule has 1 nitrogen and oxygen atoms in total.